The summed E-state index contributed by atoms with van der Waals surface area (Å²) in [7, 11) is 1.36. The number of phenols is 1. The fourth-order valence-electron chi connectivity index (χ4n) is 3.00. The second kappa shape index (κ2) is 5.88. The van der Waals surface area contributed by atoms with Gasteiger partial charge in [0.25, 0.3) is 0 Å². The molecule has 0 aliphatic carbocycles. The topological polar surface area (TPSA) is 62.3 Å². The van der Waals surface area contributed by atoms with Gasteiger partial charge in [-0.15, -0.1) is 0 Å². The molecule has 1 heterocycles. The van der Waals surface area contributed by atoms with Crippen LogP contribution in [0.1, 0.15) is 36.2 Å². The maximum Gasteiger partial charge on any atom is 0.338 e. The van der Waals surface area contributed by atoms with Gasteiger partial charge in [0.2, 0.25) is 0 Å². The molecule has 4 heteroatoms. The predicted molar refractivity (Wildman–Crippen MR) is 91.7 cm³/mol. The van der Waals surface area contributed by atoms with E-state index in [4.69, 9.17) is 4.74 Å². The fraction of sp³-hybridized carbons (Fsp3) is 0.263. The molecule has 3 rings (SSSR count). The maximum absolute atomic E-state index is 12.2. The lowest BCUT2D eigenvalue weighted by Crippen LogP contribution is -2.07. The molecule has 23 heavy (non-hydrogen) atoms. The number of aromatic amines is 1. The van der Waals surface area contributed by atoms with Gasteiger partial charge in [-0.25, -0.2) is 4.79 Å². The number of esters is 1. The number of methoxy groups -OCH3 is 1. The molecule has 0 aliphatic heterocycles. The summed E-state index contributed by atoms with van der Waals surface area (Å²) in [5, 5.41) is 12.3. The summed E-state index contributed by atoms with van der Waals surface area (Å²) in [4.78, 5) is 15.4. The molecule has 2 N–H and O–H groups in total. The Bertz CT molecular complexity index is 877. The van der Waals surface area contributed by atoms with Gasteiger partial charge in [0.1, 0.15) is 5.75 Å². The first-order chi connectivity index (χ1) is 11.0. The molecular weight excluding hydrogens is 290 g/mol. The van der Waals surface area contributed by atoms with E-state index in [0.29, 0.717) is 11.1 Å². The molecule has 0 radical (unpaired) electrons. The van der Waals surface area contributed by atoms with Gasteiger partial charge in [-0.05, 0) is 17.7 Å². The van der Waals surface area contributed by atoms with E-state index in [0.717, 1.165) is 34.7 Å². The van der Waals surface area contributed by atoms with Gasteiger partial charge in [0.05, 0.1) is 44.4 Å². The smallest absolute Gasteiger partial charge is 0.338 e. The van der Waals surface area contributed by atoms with Crippen LogP contribution >= 0.6 is 0 Å². The molecule has 0 saturated carbocycles. The van der Waals surface area contributed by atoms with E-state index in [1.807, 2.05) is 24.3 Å². The molecule has 0 aliphatic rings. The number of benzene rings is 2. The van der Waals surface area contributed by atoms with Crippen LogP contribution in [0.2, 0.25) is 0 Å². The highest BCUT2D eigenvalue weighted by Crippen LogP contribution is 2.37. The molecular formula is C19H20NO3+. The van der Waals surface area contributed by atoms with Crippen molar-refractivity contribution in [3.8, 4) is 5.75 Å². The zero-order valence-corrected chi connectivity index (χ0v) is 13.6. The third kappa shape index (κ3) is 2.61. The number of ether oxygens (including phenoxy) is 1. The Balaban J connectivity index is 2.35. The number of nitrogens with one attached hydrogen (secondary N) is 1. The lowest BCUT2D eigenvalue weighted by Gasteiger charge is -2.10. The van der Waals surface area contributed by atoms with Crippen LogP contribution in [0.4, 0.5) is 0 Å². The van der Waals surface area contributed by atoms with Crippen molar-refractivity contribution in [3.05, 3.63) is 47.4 Å². The Morgan fingerprint density at radius 1 is 1.30 bits per heavy atom. The number of hydrogen-bond donors (Lipinski definition) is 2. The van der Waals surface area contributed by atoms with Crippen molar-refractivity contribution in [2.45, 2.75) is 26.7 Å². The number of aromatic hydroxyl groups is 1. The van der Waals surface area contributed by atoms with Gasteiger partial charge in [0, 0.05) is 22.7 Å². The lowest BCUT2D eigenvalue weighted by molar-refractivity contribution is 0.0599. The van der Waals surface area contributed by atoms with Crippen LogP contribution in [0.25, 0.3) is 21.8 Å². The summed E-state index contributed by atoms with van der Waals surface area (Å²) >= 11 is 0. The molecule has 0 fully saturated rings. The first-order valence-electron chi connectivity index (χ1n) is 7.65. The number of para-hydroxylation sites is 1. The van der Waals surface area contributed by atoms with Crippen molar-refractivity contribution in [1.29, 1.82) is 0 Å². The van der Waals surface area contributed by atoms with Gasteiger partial charge in [-0.2, -0.15) is 0 Å². The zero-order chi connectivity index (χ0) is 16.6. The predicted octanol–water partition coefficient (Wildman–Crippen LogP) is 4.36. The molecule has 0 saturated heterocycles. The third-order valence-electron chi connectivity index (χ3n) is 4.15. The van der Waals surface area contributed by atoms with Crippen LogP contribution in [0.5, 0.6) is 5.75 Å². The number of carbonyl (C=O) groups is 1. The summed E-state index contributed by atoms with van der Waals surface area (Å²) in [6, 6.07) is 9.37. The minimum Gasteiger partial charge on any atom is -0.506 e. The van der Waals surface area contributed by atoms with Crippen molar-refractivity contribution < 1.29 is 14.6 Å². The normalized spacial score (nSPS) is 11.1. The standard InChI is InChI=1S/C19H19NO3/c1-11(2)8-9-12-14(19(22)23-3)10-16(21)18-17(12)13-6-4-5-7-15(13)20-18/h4-7,10H,8-9H2,1-3H3,(H-,20,21,22)/p+1. The van der Waals surface area contributed by atoms with Gasteiger partial charge in [-0.1, -0.05) is 18.2 Å². The van der Waals surface area contributed by atoms with Crippen molar-refractivity contribution >= 4 is 27.8 Å². The number of aromatic nitrogens is 1. The number of fused-ring (bicyclic) bond motifs is 3. The molecule has 0 unspecified atom stereocenters. The average Bonchev–Trinajstić information content (AvgIpc) is 2.93. The van der Waals surface area contributed by atoms with Crippen LogP contribution in [-0.2, 0) is 11.2 Å². The number of carbonyl (C=O) groups excluding carboxylic acids is 1. The molecule has 3 aromatic rings. The van der Waals surface area contributed by atoms with Gasteiger partial charge in [0.15, 0.2) is 0 Å². The lowest BCUT2D eigenvalue weighted by atomic mass is 9.93. The van der Waals surface area contributed by atoms with E-state index in [2.05, 4.69) is 18.8 Å². The first-order valence-corrected chi connectivity index (χ1v) is 7.65. The van der Waals surface area contributed by atoms with E-state index in [1.165, 1.54) is 19.1 Å². The first kappa shape index (κ1) is 15.3. The van der Waals surface area contributed by atoms with Crippen LogP contribution < -0.4 is 0 Å². The van der Waals surface area contributed by atoms with Gasteiger partial charge in [-0.3, -0.25) is 0 Å². The van der Waals surface area contributed by atoms with E-state index in [9.17, 15) is 9.90 Å². The Kier molecular flexibility index (Phi) is 3.90. The van der Waals surface area contributed by atoms with Crippen molar-refractivity contribution in [3.63, 3.8) is 0 Å². The Morgan fingerprint density at radius 3 is 2.74 bits per heavy atom. The van der Waals surface area contributed by atoms with Crippen LogP contribution in [0, 0.1) is 5.92 Å². The molecule has 1 aromatic heterocycles. The fourth-order valence-corrected chi connectivity index (χ4v) is 3.00. The van der Waals surface area contributed by atoms with E-state index < -0.39 is 5.97 Å². The molecule has 0 spiro atoms. The van der Waals surface area contributed by atoms with E-state index in [-0.39, 0.29) is 5.75 Å². The SMILES string of the molecule is COC(=O)c1cc(O)c2[nH]c3ccccc3c2c1CC[C+](C)C. The second-order valence-corrected chi connectivity index (χ2v) is 6.04. The molecule has 2 aromatic carbocycles. The molecule has 0 amide bonds. The van der Waals surface area contributed by atoms with Crippen molar-refractivity contribution in [2.75, 3.05) is 7.11 Å². The summed E-state index contributed by atoms with van der Waals surface area (Å²) in [5.41, 5.74) is 2.97. The monoisotopic (exact) mass is 310 g/mol. The van der Waals surface area contributed by atoms with Crippen molar-refractivity contribution in [2.24, 2.45) is 0 Å². The maximum atomic E-state index is 12.2. The number of H-pyrrole nitrogens is 1. The summed E-state index contributed by atoms with van der Waals surface area (Å²) in [5.74, 6) is 0.940. The van der Waals surface area contributed by atoms with Gasteiger partial charge < -0.3 is 14.8 Å². The minimum atomic E-state index is -0.420. The summed E-state index contributed by atoms with van der Waals surface area (Å²) < 4.78 is 4.91. The van der Waals surface area contributed by atoms with Crippen LogP contribution in [0.3, 0.4) is 0 Å². The Morgan fingerprint density at radius 2 is 2.04 bits per heavy atom. The zero-order valence-electron chi connectivity index (χ0n) is 13.6. The number of rotatable bonds is 4. The Hall–Kier alpha value is -2.62. The van der Waals surface area contributed by atoms with Crippen molar-refractivity contribution in [1.82, 2.24) is 4.98 Å². The molecule has 0 bridgehead atoms. The number of aryl methyl sites for hydroxylation is 1. The summed E-state index contributed by atoms with van der Waals surface area (Å²) in [6.45, 7) is 4.15. The molecule has 0 atom stereocenters. The minimum absolute atomic E-state index is 0.0672. The number of hydrogen-bond acceptors (Lipinski definition) is 3. The quantitative estimate of drug-likeness (QED) is 0.556. The van der Waals surface area contributed by atoms with E-state index in [1.54, 1.807) is 0 Å². The third-order valence-corrected chi connectivity index (χ3v) is 4.15. The summed E-state index contributed by atoms with van der Waals surface area (Å²) in [6.07, 6.45) is 1.61. The largest absolute Gasteiger partial charge is 0.506 e. The number of phenolic OH excluding ortho intramolecular Hbond substituents is 1. The molecule has 4 nitrogen and oxygen atoms in total. The Labute approximate surface area is 135 Å². The van der Waals surface area contributed by atoms with E-state index >= 15 is 0 Å². The highest BCUT2D eigenvalue weighted by molar-refractivity contribution is 6.13. The van der Waals surface area contributed by atoms with Crippen LogP contribution in [0.15, 0.2) is 30.3 Å². The highest BCUT2D eigenvalue weighted by Gasteiger charge is 2.22. The second-order valence-electron chi connectivity index (χ2n) is 6.04. The highest BCUT2D eigenvalue weighted by atomic mass is 16.5. The van der Waals surface area contributed by atoms with Crippen LogP contribution in [-0.4, -0.2) is 23.2 Å². The average molecular weight is 310 g/mol. The molecule has 118 valence electrons. The van der Waals surface area contributed by atoms with Gasteiger partial charge >= 0.3 is 5.97 Å².